The summed E-state index contributed by atoms with van der Waals surface area (Å²) in [7, 11) is 0. The zero-order valence-electron chi connectivity index (χ0n) is 15.1. The molecule has 0 unspecified atom stereocenters. The summed E-state index contributed by atoms with van der Waals surface area (Å²) < 4.78 is 40.4. The van der Waals surface area contributed by atoms with E-state index in [1.165, 1.54) is 18.5 Å². The number of alkyl halides is 3. The molecule has 152 valence electrons. The van der Waals surface area contributed by atoms with Gasteiger partial charge in [-0.2, -0.15) is 0 Å². The first-order valence-corrected chi connectivity index (χ1v) is 8.95. The Balaban J connectivity index is 1.34. The van der Waals surface area contributed by atoms with Crippen molar-refractivity contribution in [2.45, 2.75) is 19.2 Å². The van der Waals surface area contributed by atoms with Gasteiger partial charge < -0.3 is 19.9 Å². The van der Waals surface area contributed by atoms with Gasteiger partial charge in [0, 0.05) is 24.7 Å². The highest BCUT2D eigenvalue weighted by atomic mass is 19.4. The number of ether oxygens (including phenoxy) is 1. The van der Waals surface area contributed by atoms with Crippen LogP contribution < -0.4 is 15.0 Å². The molecule has 0 saturated carbocycles. The van der Waals surface area contributed by atoms with Crippen LogP contribution in [0.5, 0.6) is 5.75 Å². The van der Waals surface area contributed by atoms with Gasteiger partial charge in [0.2, 0.25) is 5.91 Å². The largest absolute Gasteiger partial charge is 0.573 e. The van der Waals surface area contributed by atoms with Gasteiger partial charge in [-0.1, -0.05) is 0 Å². The number of H-pyrrole nitrogens is 1. The lowest BCUT2D eigenvalue weighted by Crippen LogP contribution is -2.38. The summed E-state index contributed by atoms with van der Waals surface area (Å²) in [5.74, 6) is 0.0605. The topological polar surface area (TPSA) is 96.0 Å². The van der Waals surface area contributed by atoms with E-state index in [1.807, 2.05) is 0 Å². The number of anilines is 2. The van der Waals surface area contributed by atoms with E-state index >= 15 is 0 Å². The van der Waals surface area contributed by atoms with Crippen LogP contribution in [0.1, 0.15) is 12.8 Å². The molecule has 1 aromatic carbocycles. The summed E-state index contributed by atoms with van der Waals surface area (Å²) in [6.45, 7) is 1.28. The monoisotopic (exact) mass is 406 g/mol. The number of piperidine rings is 1. The van der Waals surface area contributed by atoms with E-state index in [0.717, 1.165) is 23.5 Å². The van der Waals surface area contributed by atoms with E-state index in [2.05, 4.69) is 34.9 Å². The molecular formula is C18H17F3N6O2. The summed E-state index contributed by atoms with van der Waals surface area (Å²) in [4.78, 5) is 30.2. The van der Waals surface area contributed by atoms with Gasteiger partial charge in [0.25, 0.3) is 0 Å². The highest BCUT2D eigenvalue weighted by molar-refractivity contribution is 5.93. The summed E-state index contributed by atoms with van der Waals surface area (Å²) >= 11 is 0. The van der Waals surface area contributed by atoms with Crippen molar-refractivity contribution in [2.75, 3.05) is 23.3 Å². The summed E-state index contributed by atoms with van der Waals surface area (Å²) in [5.41, 5.74) is 1.77. The van der Waals surface area contributed by atoms with E-state index in [0.29, 0.717) is 37.3 Å². The molecule has 1 aliphatic heterocycles. The third-order valence-electron chi connectivity index (χ3n) is 4.72. The molecule has 8 nitrogen and oxygen atoms in total. The Bertz CT molecular complexity index is 997. The predicted molar refractivity (Wildman–Crippen MR) is 98.4 cm³/mol. The number of aromatic amines is 1. The fraction of sp³-hybridized carbons (Fsp3) is 0.333. The molecule has 29 heavy (non-hydrogen) atoms. The Labute approximate surface area is 163 Å². The molecule has 0 bridgehead atoms. The molecule has 0 atom stereocenters. The minimum Gasteiger partial charge on any atom is -0.406 e. The highest BCUT2D eigenvalue weighted by Crippen LogP contribution is 2.27. The Morgan fingerprint density at radius 1 is 1.14 bits per heavy atom. The van der Waals surface area contributed by atoms with Crippen LogP contribution in [0.4, 0.5) is 24.7 Å². The van der Waals surface area contributed by atoms with Crippen molar-refractivity contribution in [1.29, 1.82) is 0 Å². The smallest absolute Gasteiger partial charge is 0.406 e. The van der Waals surface area contributed by atoms with Gasteiger partial charge in [-0.25, -0.2) is 15.0 Å². The van der Waals surface area contributed by atoms with Crippen LogP contribution in [-0.2, 0) is 4.79 Å². The number of rotatable bonds is 4. The number of amides is 1. The SMILES string of the molecule is O=C(Nc1ccc(OC(F)(F)F)cc1)C1CCN(c2ncnc3nc[nH]c23)CC1. The van der Waals surface area contributed by atoms with Gasteiger partial charge in [0.1, 0.15) is 17.6 Å². The number of carbonyl (C=O) groups is 1. The predicted octanol–water partition coefficient (Wildman–Crippen LogP) is 3.11. The zero-order chi connectivity index (χ0) is 20.4. The number of nitrogens with one attached hydrogen (secondary N) is 2. The van der Waals surface area contributed by atoms with Gasteiger partial charge in [-0.3, -0.25) is 4.79 Å². The first-order chi connectivity index (χ1) is 13.9. The molecule has 3 aromatic rings. The second-order valence-corrected chi connectivity index (χ2v) is 6.62. The quantitative estimate of drug-likeness (QED) is 0.691. The lowest BCUT2D eigenvalue weighted by Gasteiger charge is -2.32. The number of nitrogens with zero attached hydrogens (tertiary/aromatic N) is 4. The number of benzene rings is 1. The number of imidazole rings is 1. The second kappa shape index (κ2) is 7.57. The summed E-state index contributed by atoms with van der Waals surface area (Å²) in [6.07, 6.45) is -0.469. The van der Waals surface area contributed by atoms with E-state index in [-0.39, 0.29) is 17.6 Å². The number of aromatic nitrogens is 4. The lowest BCUT2D eigenvalue weighted by molar-refractivity contribution is -0.274. The number of halogens is 3. The molecule has 0 spiro atoms. The Hall–Kier alpha value is -3.37. The van der Waals surface area contributed by atoms with Crippen LogP contribution in [0, 0.1) is 5.92 Å². The number of hydrogen-bond acceptors (Lipinski definition) is 6. The first kappa shape index (κ1) is 19.0. The standard InChI is InChI=1S/C18H17F3N6O2/c19-18(20,21)29-13-3-1-12(2-4-13)26-17(28)11-5-7-27(8-6-11)16-14-15(23-9-22-14)24-10-25-16/h1-4,9-11H,5-8H2,(H,26,28)(H,22,23,24,25). The van der Waals surface area contributed by atoms with Crippen LogP contribution in [-0.4, -0.2) is 45.3 Å². The normalized spacial score (nSPS) is 15.5. The van der Waals surface area contributed by atoms with Crippen LogP contribution in [0.15, 0.2) is 36.9 Å². The van der Waals surface area contributed by atoms with Crippen molar-refractivity contribution in [1.82, 2.24) is 19.9 Å². The van der Waals surface area contributed by atoms with Gasteiger partial charge in [0.15, 0.2) is 11.5 Å². The maximum Gasteiger partial charge on any atom is 0.573 e. The Morgan fingerprint density at radius 2 is 1.86 bits per heavy atom. The van der Waals surface area contributed by atoms with Crippen molar-refractivity contribution in [2.24, 2.45) is 5.92 Å². The number of fused-ring (bicyclic) bond motifs is 1. The first-order valence-electron chi connectivity index (χ1n) is 8.95. The molecule has 2 N–H and O–H groups in total. The molecule has 1 amide bonds. The maximum absolute atomic E-state index is 12.5. The molecule has 11 heteroatoms. The average molecular weight is 406 g/mol. The average Bonchev–Trinajstić information content (AvgIpc) is 3.17. The Morgan fingerprint density at radius 3 is 2.55 bits per heavy atom. The van der Waals surface area contributed by atoms with Gasteiger partial charge >= 0.3 is 6.36 Å². The van der Waals surface area contributed by atoms with Crippen molar-refractivity contribution in [3.8, 4) is 5.75 Å². The van der Waals surface area contributed by atoms with Gasteiger partial charge in [-0.15, -0.1) is 13.2 Å². The molecule has 1 saturated heterocycles. The van der Waals surface area contributed by atoms with E-state index < -0.39 is 6.36 Å². The van der Waals surface area contributed by atoms with E-state index in [4.69, 9.17) is 0 Å². The highest BCUT2D eigenvalue weighted by Gasteiger charge is 2.31. The maximum atomic E-state index is 12.5. The van der Waals surface area contributed by atoms with Gasteiger partial charge in [-0.05, 0) is 37.1 Å². The molecule has 2 aromatic heterocycles. The van der Waals surface area contributed by atoms with Crippen molar-refractivity contribution < 1.29 is 22.7 Å². The fourth-order valence-electron chi connectivity index (χ4n) is 3.33. The molecular weight excluding hydrogens is 389 g/mol. The molecule has 3 heterocycles. The molecule has 1 aliphatic rings. The molecule has 0 aliphatic carbocycles. The third kappa shape index (κ3) is 4.39. The second-order valence-electron chi connectivity index (χ2n) is 6.62. The lowest BCUT2D eigenvalue weighted by atomic mass is 9.95. The molecule has 4 rings (SSSR count). The summed E-state index contributed by atoms with van der Waals surface area (Å²) in [6, 6.07) is 5.08. The molecule has 0 radical (unpaired) electrons. The van der Waals surface area contributed by atoms with Crippen LogP contribution in [0.25, 0.3) is 11.2 Å². The van der Waals surface area contributed by atoms with E-state index in [9.17, 15) is 18.0 Å². The molecule has 1 fully saturated rings. The van der Waals surface area contributed by atoms with Crippen molar-refractivity contribution >= 4 is 28.6 Å². The van der Waals surface area contributed by atoms with Crippen LogP contribution >= 0.6 is 0 Å². The van der Waals surface area contributed by atoms with Crippen LogP contribution in [0.3, 0.4) is 0 Å². The van der Waals surface area contributed by atoms with Crippen LogP contribution in [0.2, 0.25) is 0 Å². The number of hydrogen-bond donors (Lipinski definition) is 2. The zero-order valence-corrected chi connectivity index (χ0v) is 15.1. The fourth-order valence-corrected chi connectivity index (χ4v) is 3.33. The van der Waals surface area contributed by atoms with Crippen molar-refractivity contribution in [3.63, 3.8) is 0 Å². The number of carbonyl (C=O) groups excluding carboxylic acids is 1. The van der Waals surface area contributed by atoms with E-state index in [1.54, 1.807) is 6.33 Å². The van der Waals surface area contributed by atoms with Crippen molar-refractivity contribution in [3.05, 3.63) is 36.9 Å². The minimum atomic E-state index is -4.75. The minimum absolute atomic E-state index is 0.163. The van der Waals surface area contributed by atoms with Gasteiger partial charge in [0.05, 0.1) is 6.33 Å². The summed E-state index contributed by atoms with van der Waals surface area (Å²) in [5, 5.41) is 2.75. The third-order valence-corrected chi connectivity index (χ3v) is 4.72. The Kier molecular flexibility index (Phi) is 4.95.